The van der Waals surface area contributed by atoms with Crippen molar-refractivity contribution in [1.29, 1.82) is 0 Å². The number of aromatic nitrogens is 3. The first-order valence-electron chi connectivity index (χ1n) is 5.37. The monoisotopic (exact) mass is 209 g/mol. The quantitative estimate of drug-likeness (QED) is 0.685. The summed E-state index contributed by atoms with van der Waals surface area (Å²) < 4.78 is 4.82. The molecular weight excluding hydrogens is 194 g/mol. The van der Waals surface area contributed by atoms with Gasteiger partial charge in [-0.2, -0.15) is 9.90 Å². The molecule has 1 aromatic heterocycles. The molecule has 2 rings (SSSR count). The van der Waals surface area contributed by atoms with Gasteiger partial charge in [0.05, 0.1) is 19.3 Å². The van der Waals surface area contributed by atoms with Crippen molar-refractivity contribution in [2.45, 2.75) is 32.7 Å². The maximum Gasteiger partial charge on any atom is 0.360 e. The summed E-state index contributed by atoms with van der Waals surface area (Å²) in [6.07, 6.45) is 5.22. The molecule has 1 heterocycles. The van der Waals surface area contributed by atoms with Gasteiger partial charge >= 0.3 is 5.97 Å². The molecule has 0 unspecified atom stereocenters. The Balaban J connectivity index is 1.87. The summed E-state index contributed by atoms with van der Waals surface area (Å²) in [6, 6.07) is 0. The standard InChI is InChI=1S/C10H15N3O2/c1-2-15-10(14)9-7-11-13(12-9)6-5-8-3-4-8/h7-8H,2-6H2,1H3. The Hall–Kier alpha value is -1.39. The first kappa shape index (κ1) is 10.1. The molecule has 0 amide bonds. The lowest BCUT2D eigenvalue weighted by Gasteiger charge is -1.97. The highest BCUT2D eigenvalue weighted by Gasteiger charge is 2.21. The second-order valence-electron chi connectivity index (χ2n) is 3.78. The highest BCUT2D eigenvalue weighted by molar-refractivity contribution is 5.86. The minimum absolute atomic E-state index is 0.299. The van der Waals surface area contributed by atoms with Crippen molar-refractivity contribution in [3.8, 4) is 0 Å². The number of aryl methyl sites for hydroxylation is 1. The minimum Gasteiger partial charge on any atom is -0.461 e. The summed E-state index contributed by atoms with van der Waals surface area (Å²) in [5.74, 6) is 0.456. The summed E-state index contributed by atoms with van der Waals surface area (Å²) in [6.45, 7) is 2.94. The Labute approximate surface area is 88.4 Å². The second kappa shape index (κ2) is 4.42. The van der Waals surface area contributed by atoms with Gasteiger partial charge < -0.3 is 4.74 Å². The average molecular weight is 209 g/mol. The van der Waals surface area contributed by atoms with E-state index in [1.54, 1.807) is 11.7 Å². The third-order valence-corrected chi connectivity index (χ3v) is 2.46. The number of nitrogens with zero attached hydrogens (tertiary/aromatic N) is 3. The maximum atomic E-state index is 11.3. The van der Waals surface area contributed by atoms with Crippen molar-refractivity contribution in [2.24, 2.45) is 5.92 Å². The molecule has 1 aliphatic carbocycles. The van der Waals surface area contributed by atoms with Gasteiger partial charge in [0, 0.05) is 0 Å². The van der Waals surface area contributed by atoms with Crippen molar-refractivity contribution in [1.82, 2.24) is 15.0 Å². The van der Waals surface area contributed by atoms with Crippen LogP contribution in [-0.2, 0) is 11.3 Å². The van der Waals surface area contributed by atoms with E-state index in [2.05, 4.69) is 10.2 Å². The molecule has 1 fully saturated rings. The van der Waals surface area contributed by atoms with Crippen LogP contribution in [0.2, 0.25) is 0 Å². The predicted octanol–water partition coefficient (Wildman–Crippen LogP) is 1.25. The van der Waals surface area contributed by atoms with Gasteiger partial charge in [-0.05, 0) is 19.3 Å². The van der Waals surface area contributed by atoms with Crippen molar-refractivity contribution in [3.63, 3.8) is 0 Å². The second-order valence-corrected chi connectivity index (χ2v) is 3.78. The third kappa shape index (κ3) is 2.78. The Kier molecular flexibility index (Phi) is 2.99. The van der Waals surface area contributed by atoms with E-state index >= 15 is 0 Å². The first-order chi connectivity index (χ1) is 7.29. The molecule has 15 heavy (non-hydrogen) atoms. The van der Waals surface area contributed by atoms with Gasteiger partial charge in [-0.1, -0.05) is 12.8 Å². The largest absolute Gasteiger partial charge is 0.461 e. The zero-order chi connectivity index (χ0) is 10.7. The lowest BCUT2D eigenvalue weighted by Crippen LogP contribution is -2.08. The summed E-state index contributed by atoms with van der Waals surface area (Å²) in [7, 11) is 0. The molecule has 82 valence electrons. The van der Waals surface area contributed by atoms with Crippen molar-refractivity contribution >= 4 is 5.97 Å². The van der Waals surface area contributed by atoms with Crippen LogP contribution in [0.15, 0.2) is 6.20 Å². The van der Waals surface area contributed by atoms with Gasteiger partial charge in [0.2, 0.25) is 0 Å². The van der Waals surface area contributed by atoms with E-state index in [-0.39, 0.29) is 0 Å². The fourth-order valence-corrected chi connectivity index (χ4v) is 1.41. The molecule has 0 aliphatic heterocycles. The number of carbonyl (C=O) groups is 1. The van der Waals surface area contributed by atoms with Crippen LogP contribution >= 0.6 is 0 Å². The number of rotatable bonds is 5. The zero-order valence-corrected chi connectivity index (χ0v) is 8.85. The van der Waals surface area contributed by atoms with Gasteiger partial charge in [0.25, 0.3) is 0 Å². The SMILES string of the molecule is CCOC(=O)c1cnn(CCC2CC2)n1. The Morgan fingerprint density at radius 2 is 2.47 bits per heavy atom. The van der Waals surface area contributed by atoms with Gasteiger partial charge in [-0.25, -0.2) is 4.79 Å². The van der Waals surface area contributed by atoms with Crippen molar-refractivity contribution in [2.75, 3.05) is 6.61 Å². The number of esters is 1. The molecule has 0 aromatic carbocycles. The minimum atomic E-state index is -0.393. The van der Waals surface area contributed by atoms with Crippen LogP contribution in [0, 0.1) is 5.92 Å². The molecule has 0 bridgehead atoms. The molecule has 1 aliphatic rings. The van der Waals surface area contributed by atoms with E-state index in [0.29, 0.717) is 12.3 Å². The first-order valence-corrected chi connectivity index (χ1v) is 5.37. The molecule has 1 saturated carbocycles. The van der Waals surface area contributed by atoms with Gasteiger partial charge in [0.1, 0.15) is 0 Å². The Morgan fingerprint density at radius 1 is 1.67 bits per heavy atom. The van der Waals surface area contributed by atoms with E-state index in [1.807, 2.05) is 0 Å². The molecule has 0 radical (unpaired) electrons. The van der Waals surface area contributed by atoms with Gasteiger partial charge in [0.15, 0.2) is 5.69 Å². The topological polar surface area (TPSA) is 57.0 Å². The number of hydrogen-bond acceptors (Lipinski definition) is 4. The molecule has 0 atom stereocenters. The fraction of sp³-hybridized carbons (Fsp3) is 0.700. The lowest BCUT2D eigenvalue weighted by molar-refractivity contribution is 0.0518. The molecule has 0 N–H and O–H groups in total. The average Bonchev–Trinajstić information content (AvgIpc) is 2.93. The Bertz CT molecular complexity index is 344. The summed E-state index contributed by atoms with van der Waals surface area (Å²) in [4.78, 5) is 12.8. The van der Waals surface area contributed by atoms with Crippen LogP contribution in [0.1, 0.15) is 36.7 Å². The number of carbonyl (C=O) groups excluding carboxylic acids is 1. The van der Waals surface area contributed by atoms with E-state index in [0.717, 1.165) is 18.9 Å². The Morgan fingerprint density at radius 3 is 3.13 bits per heavy atom. The van der Waals surface area contributed by atoms with Gasteiger partial charge in [-0.3, -0.25) is 0 Å². The van der Waals surface area contributed by atoms with Crippen LogP contribution < -0.4 is 0 Å². The molecule has 0 spiro atoms. The van der Waals surface area contributed by atoms with Crippen LogP contribution in [0.3, 0.4) is 0 Å². The summed E-state index contributed by atoms with van der Waals surface area (Å²) >= 11 is 0. The summed E-state index contributed by atoms with van der Waals surface area (Å²) in [5, 5.41) is 8.08. The van der Waals surface area contributed by atoms with E-state index in [9.17, 15) is 4.79 Å². The zero-order valence-electron chi connectivity index (χ0n) is 8.85. The third-order valence-electron chi connectivity index (χ3n) is 2.46. The molecule has 1 aromatic rings. The molecule has 5 heteroatoms. The van der Waals surface area contributed by atoms with Crippen LogP contribution in [0.25, 0.3) is 0 Å². The lowest BCUT2D eigenvalue weighted by atomic mass is 10.3. The van der Waals surface area contributed by atoms with Crippen LogP contribution in [-0.4, -0.2) is 27.6 Å². The molecule has 5 nitrogen and oxygen atoms in total. The van der Waals surface area contributed by atoms with E-state index in [4.69, 9.17) is 4.74 Å². The fourth-order valence-electron chi connectivity index (χ4n) is 1.41. The number of ether oxygens (including phenoxy) is 1. The predicted molar refractivity (Wildman–Crippen MR) is 53.3 cm³/mol. The molecular formula is C10H15N3O2. The van der Waals surface area contributed by atoms with E-state index < -0.39 is 5.97 Å². The highest BCUT2D eigenvalue weighted by Crippen LogP contribution is 2.32. The molecule has 0 saturated heterocycles. The van der Waals surface area contributed by atoms with E-state index in [1.165, 1.54) is 19.0 Å². The normalized spacial score (nSPS) is 15.3. The maximum absolute atomic E-state index is 11.3. The van der Waals surface area contributed by atoms with Crippen molar-refractivity contribution in [3.05, 3.63) is 11.9 Å². The number of hydrogen-bond donors (Lipinski definition) is 0. The van der Waals surface area contributed by atoms with Crippen LogP contribution in [0.5, 0.6) is 0 Å². The smallest absolute Gasteiger partial charge is 0.360 e. The van der Waals surface area contributed by atoms with Gasteiger partial charge in [-0.15, -0.1) is 5.10 Å². The highest BCUT2D eigenvalue weighted by atomic mass is 16.5. The summed E-state index contributed by atoms with van der Waals surface area (Å²) in [5.41, 5.74) is 0.299. The van der Waals surface area contributed by atoms with Crippen LogP contribution in [0.4, 0.5) is 0 Å². The van der Waals surface area contributed by atoms with Crippen molar-refractivity contribution < 1.29 is 9.53 Å².